The smallest absolute Gasteiger partial charge is 0.262 e. The standard InChI is InChI=1S/C23H23N7O3/c1-15-16(2)30(14-26-15)20-11-19(24-13-25-20)27-7-9-28(10-8-27)21(31)12-29-22(32)17-5-3-4-6-18(17)23(29)33/h3-6,11,13-14H,7-10,12H2,1-2H3. The van der Waals surface area contributed by atoms with E-state index in [-0.39, 0.29) is 12.5 Å². The number of imidazole rings is 1. The van der Waals surface area contributed by atoms with E-state index in [0.29, 0.717) is 37.3 Å². The first-order valence-electron chi connectivity index (χ1n) is 10.7. The second-order valence-electron chi connectivity index (χ2n) is 8.13. The monoisotopic (exact) mass is 445 g/mol. The van der Waals surface area contributed by atoms with E-state index in [2.05, 4.69) is 19.9 Å². The molecular formula is C23H23N7O3. The van der Waals surface area contributed by atoms with Crippen molar-refractivity contribution in [2.75, 3.05) is 37.6 Å². The molecule has 3 amide bonds. The van der Waals surface area contributed by atoms with Crippen molar-refractivity contribution in [2.24, 2.45) is 0 Å². The summed E-state index contributed by atoms with van der Waals surface area (Å²) in [5, 5.41) is 0. The highest BCUT2D eigenvalue weighted by atomic mass is 16.2. The van der Waals surface area contributed by atoms with Crippen molar-refractivity contribution in [1.82, 2.24) is 29.3 Å². The van der Waals surface area contributed by atoms with Crippen LogP contribution in [0, 0.1) is 13.8 Å². The number of carbonyl (C=O) groups excluding carboxylic acids is 3. The Morgan fingerprint density at radius 1 is 0.909 bits per heavy atom. The Morgan fingerprint density at radius 2 is 1.55 bits per heavy atom. The van der Waals surface area contributed by atoms with Crippen LogP contribution in [-0.4, -0.2) is 79.8 Å². The Morgan fingerprint density at radius 3 is 2.15 bits per heavy atom. The van der Waals surface area contributed by atoms with Gasteiger partial charge in [0.05, 0.1) is 16.8 Å². The van der Waals surface area contributed by atoms with Gasteiger partial charge in [0.15, 0.2) is 0 Å². The molecule has 1 aromatic carbocycles. The van der Waals surface area contributed by atoms with Crippen molar-refractivity contribution in [3.63, 3.8) is 0 Å². The Labute approximate surface area is 190 Å². The van der Waals surface area contributed by atoms with Crippen LogP contribution in [0.3, 0.4) is 0 Å². The molecule has 0 unspecified atom stereocenters. The van der Waals surface area contributed by atoms with Gasteiger partial charge in [0.25, 0.3) is 11.8 Å². The number of carbonyl (C=O) groups is 3. The SMILES string of the molecule is Cc1ncn(-c2cc(N3CCN(C(=O)CN4C(=O)c5ccccc5C4=O)CC3)ncn2)c1C. The Kier molecular flexibility index (Phi) is 5.12. The van der Waals surface area contributed by atoms with Crippen LogP contribution in [0.1, 0.15) is 32.1 Å². The van der Waals surface area contributed by atoms with Crippen LogP contribution < -0.4 is 4.90 Å². The predicted octanol–water partition coefficient (Wildman–Crippen LogP) is 1.22. The fourth-order valence-electron chi connectivity index (χ4n) is 4.17. The lowest BCUT2D eigenvalue weighted by molar-refractivity contribution is -0.131. The molecule has 168 valence electrons. The van der Waals surface area contributed by atoms with Crippen LogP contribution in [-0.2, 0) is 4.79 Å². The number of aryl methyl sites for hydroxylation is 1. The van der Waals surface area contributed by atoms with Crippen molar-refractivity contribution in [3.8, 4) is 5.82 Å². The Hall–Kier alpha value is -4.08. The van der Waals surface area contributed by atoms with Crippen LogP contribution in [0.15, 0.2) is 43.0 Å². The molecule has 4 heterocycles. The summed E-state index contributed by atoms with van der Waals surface area (Å²) < 4.78 is 1.92. The minimum absolute atomic E-state index is 0.239. The summed E-state index contributed by atoms with van der Waals surface area (Å²) in [5.74, 6) is 0.444. The molecule has 10 heteroatoms. The van der Waals surface area contributed by atoms with E-state index in [4.69, 9.17) is 0 Å². The fourth-order valence-corrected chi connectivity index (χ4v) is 4.17. The molecule has 10 nitrogen and oxygen atoms in total. The van der Waals surface area contributed by atoms with Crippen molar-refractivity contribution < 1.29 is 14.4 Å². The minimum Gasteiger partial charge on any atom is -0.353 e. The van der Waals surface area contributed by atoms with E-state index >= 15 is 0 Å². The van der Waals surface area contributed by atoms with E-state index < -0.39 is 11.8 Å². The second kappa shape index (κ2) is 8.12. The molecule has 33 heavy (non-hydrogen) atoms. The van der Waals surface area contributed by atoms with Crippen molar-refractivity contribution in [1.29, 1.82) is 0 Å². The largest absolute Gasteiger partial charge is 0.353 e. The van der Waals surface area contributed by atoms with E-state index in [1.54, 1.807) is 35.5 Å². The third kappa shape index (κ3) is 3.63. The molecule has 0 radical (unpaired) electrons. The van der Waals surface area contributed by atoms with Crippen LogP contribution in [0.25, 0.3) is 5.82 Å². The summed E-state index contributed by atoms with van der Waals surface area (Å²) in [6, 6.07) is 8.55. The first-order chi connectivity index (χ1) is 15.9. The predicted molar refractivity (Wildman–Crippen MR) is 119 cm³/mol. The summed E-state index contributed by atoms with van der Waals surface area (Å²) in [7, 11) is 0. The van der Waals surface area contributed by atoms with Gasteiger partial charge in [-0.1, -0.05) is 12.1 Å². The molecule has 0 N–H and O–H groups in total. The maximum atomic E-state index is 12.8. The highest BCUT2D eigenvalue weighted by Gasteiger charge is 2.37. The number of aromatic nitrogens is 4. The first kappa shape index (κ1) is 20.8. The lowest BCUT2D eigenvalue weighted by Gasteiger charge is -2.36. The number of piperazine rings is 1. The number of hydrogen-bond acceptors (Lipinski definition) is 7. The maximum absolute atomic E-state index is 12.8. The number of rotatable bonds is 4. The number of fused-ring (bicyclic) bond motifs is 1. The second-order valence-corrected chi connectivity index (χ2v) is 8.13. The number of hydrogen-bond donors (Lipinski definition) is 0. The topological polar surface area (TPSA) is 105 Å². The van der Waals surface area contributed by atoms with Gasteiger partial charge in [0.1, 0.15) is 30.8 Å². The summed E-state index contributed by atoms with van der Waals surface area (Å²) in [4.78, 5) is 55.8. The molecule has 1 fully saturated rings. The molecule has 2 aliphatic rings. The zero-order chi connectivity index (χ0) is 23.1. The van der Waals surface area contributed by atoms with E-state index in [1.807, 2.05) is 24.5 Å². The molecule has 2 aromatic heterocycles. The van der Waals surface area contributed by atoms with Crippen LogP contribution >= 0.6 is 0 Å². The summed E-state index contributed by atoms with van der Waals surface area (Å²) in [5.41, 5.74) is 2.66. The van der Waals surface area contributed by atoms with Gasteiger partial charge in [-0.2, -0.15) is 0 Å². The fraction of sp³-hybridized carbons (Fsp3) is 0.304. The van der Waals surface area contributed by atoms with E-state index in [9.17, 15) is 14.4 Å². The number of imide groups is 1. The molecule has 0 atom stereocenters. The molecular weight excluding hydrogens is 422 g/mol. The van der Waals surface area contributed by atoms with Crippen LogP contribution in [0.4, 0.5) is 5.82 Å². The number of anilines is 1. The van der Waals surface area contributed by atoms with Gasteiger partial charge < -0.3 is 9.80 Å². The third-order valence-electron chi connectivity index (χ3n) is 6.26. The first-order valence-corrected chi connectivity index (χ1v) is 10.7. The van der Waals surface area contributed by atoms with Gasteiger partial charge in [-0.05, 0) is 26.0 Å². The average Bonchev–Trinajstić information content (AvgIpc) is 3.30. The maximum Gasteiger partial charge on any atom is 0.262 e. The molecule has 0 bridgehead atoms. The molecule has 0 saturated carbocycles. The molecule has 2 aliphatic heterocycles. The van der Waals surface area contributed by atoms with Gasteiger partial charge >= 0.3 is 0 Å². The summed E-state index contributed by atoms with van der Waals surface area (Å²) in [6.07, 6.45) is 3.27. The summed E-state index contributed by atoms with van der Waals surface area (Å²) >= 11 is 0. The van der Waals surface area contributed by atoms with Crippen LogP contribution in [0.5, 0.6) is 0 Å². The van der Waals surface area contributed by atoms with E-state index in [1.165, 1.54) is 6.33 Å². The number of amides is 3. The summed E-state index contributed by atoms with van der Waals surface area (Å²) in [6.45, 7) is 5.83. The third-order valence-corrected chi connectivity index (χ3v) is 6.26. The lowest BCUT2D eigenvalue weighted by atomic mass is 10.1. The average molecular weight is 445 g/mol. The van der Waals surface area contributed by atoms with E-state index in [0.717, 1.165) is 27.9 Å². The van der Waals surface area contributed by atoms with Gasteiger partial charge in [0, 0.05) is 37.9 Å². The zero-order valence-electron chi connectivity index (χ0n) is 18.4. The number of nitrogens with zero attached hydrogens (tertiary/aromatic N) is 7. The van der Waals surface area contributed by atoms with Gasteiger partial charge in [0.2, 0.25) is 5.91 Å². The van der Waals surface area contributed by atoms with Gasteiger partial charge in [-0.15, -0.1) is 0 Å². The molecule has 0 spiro atoms. The van der Waals surface area contributed by atoms with Crippen LogP contribution in [0.2, 0.25) is 0 Å². The van der Waals surface area contributed by atoms with Crippen molar-refractivity contribution in [2.45, 2.75) is 13.8 Å². The van der Waals surface area contributed by atoms with Crippen molar-refractivity contribution >= 4 is 23.5 Å². The molecule has 1 saturated heterocycles. The Balaban J connectivity index is 1.23. The molecule has 5 rings (SSSR count). The highest BCUT2D eigenvalue weighted by Crippen LogP contribution is 2.23. The zero-order valence-corrected chi connectivity index (χ0v) is 18.4. The number of benzene rings is 1. The molecule has 3 aromatic rings. The lowest BCUT2D eigenvalue weighted by Crippen LogP contribution is -2.52. The normalized spacial score (nSPS) is 15.9. The quantitative estimate of drug-likeness (QED) is 0.556. The van der Waals surface area contributed by atoms with Crippen molar-refractivity contribution in [3.05, 3.63) is 65.5 Å². The van der Waals surface area contributed by atoms with Gasteiger partial charge in [-0.25, -0.2) is 15.0 Å². The van der Waals surface area contributed by atoms with Gasteiger partial charge in [-0.3, -0.25) is 23.9 Å². The highest BCUT2D eigenvalue weighted by molar-refractivity contribution is 6.22. The molecule has 0 aliphatic carbocycles. The Bertz CT molecular complexity index is 1230. The minimum atomic E-state index is -0.416.